The predicted molar refractivity (Wildman–Crippen MR) is 47.3 cm³/mol. The highest BCUT2D eigenvalue weighted by atomic mass is 32.2. The van der Waals surface area contributed by atoms with Crippen molar-refractivity contribution in [3.05, 3.63) is 24.3 Å². The van der Waals surface area contributed by atoms with Crippen LogP contribution in [0.15, 0.2) is 29.2 Å². The first kappa shape index (κ1) is 10.0. The van der Waals surface area contributed by atoms with E-state index in [1.807, 2.05) is 0 Å². The van der Waals surface area contributed by atoms with Gasteiger partial charge in [0, 0.05) is 0 Å². The molecule has 4 nitrogen and oxygen atoms in total. The molecule has 0 aliphatic carbocycles. The normalized spacial score (nSPS) is 12.8. The third-order valence-electron chi connectivity index (χ3n) is 1.35. The molecule has 0 heterocycles. The molecule has 1 unspecified atom stereocenters. The van der Waals surface area contributed by atoms with Gasteiger partial charge in [-0.05, 0) is 31.2 Å². The van der Waals surface area contributed by atoms with Crippen molar-refractivity contribution >= 4 is 10.7 Å². The Labute approximate surface area is 77.7 Å². The molecule has 13 heavy (non-hydrogen) atoms. The molecule has 1 atom stereocenters. The molecule has 1 aromatic carbocycles. The zero-order valence-electron chi connectivity index (χ0n) is 7.01. The van der Waals surface area contributed by atoms with Crippen molar-refractivity contribution in [2.45, 2.75) is 18.1 Å². The van der Waals surface area contributed by atoms with E-state index in [0.717, 1.165) is 0 Å². The maximum Gasteiger partial charge on any atom is 0.194 e. The molecule has 0 saturated heterocycles. The van der Waals surface area contributed by atoms with Gasteiger partial charge in [-0.3, -0.25) is 0 Å². The summed E-state index contributed by atoms with van der Waals surface area (Å²) in [4.78, 5) is 0.230. The molecule has 1 rings (SSSR count). The van der Waals surface area contributed by atoms with Gasteiger partial charge in [0.1, 0.15) is 5.75 Å². The molecule has 0 aliphatic rings. The molecule has 1 aromatic rings. The predicted octanol–water partition coefficient (Wildman–Crippen LogP) is 0.374. The number of benzene rings is 1. The summed E-state index contributed by atoms with van der Waals surface area (Å²) in [6, 6.07) is 5.83. The van der Waals surface area contributed by atoms with Crippen molar-refractivity contribution in [1.29, 1.82) is 0 Å². The summed E-state index contributed by atoms with van der Waals surface area (Å²) >= 11 is 0. The lowest BCUT2D eigenvalue weighted by atomic mass is 10.3. The molecular weight excluding hydrogens is 192 g/mol. The van der Waals surface area contributed by atoms with Crippen LogP contribution >= 0.6 is 0 Å². The van der Waals surface area contributed by atoms with E-state index in [0.29, 0.717) is 5.75 Å². The topological polar surface area (TPSA) is 63.6 Å². The minimum absolute atomic E-state index is 0.230. The van der Waals surface area contributed by atoms with Gasteiger partial charge < -0.3 is 9.84 Å². The van der Waals surface area contributed by atoms with E-state index in [2.05, 4.69) is 0 Å². The molecular formula is C8H10O4S. The van der Waals surface area contributed by atoms with Crippen molar-refractivity contribution in [3.63, 3.8) is 0 Å². The molecule has 72 valence electrons. The zero-order valence-corrected chi connectivity index (χ0v) is 7.90. The molecule has 0 fully saturated rings. The van der Waals surface area contributed by atoms with E-state index in [9.17, 15) is 8.42 Å². The van der Waals surface area contributed by atoms with Crippen LogP contribution in [0.25, 0.3) is 0 Å². The summed E-state index contributed by atoms with van der Waals surface area (Å²) in [7, 11) is -2.55. The molecule has 0 spiro atoms. The first-order chi connectivity index (χ1) is 6.09. The molecule has 0 saturated carbocycles. The maximum absolute atomic E-state index is 10.5. The highest BCUT2D eigenvalue weighted by Gasteiger charge is 1.99. The standard InChI is InChI=1S/C8H10O4S/c1-6(9)12-7-2-4-8(5-3-7)13(10)11/h2-6,9,13H,1H3. The summed E-state index contributed by atoms with van der Waals surface area (Å²) in [6.07, 6.45) is -0.896. The maximum atomic E-state index is 10.5. The lowest BCUT2D eigenvalue weighted by Crippen LogP contribution is -2.09. The Morgan fingerprint density at radius 3 is 2.23 bits per heavy atom. The first-order valence-electron chi connectivity index (χ1n) is 3.69. The smallest absolute Gasteiger partial charge is 0.194 e. The van der Waals surface area contributed by atoms with E-state index in [-0.39, 0.29) is 4.90 Å². The van der Waals surface area contributed by atoms with Crippen molar-refractivity contribution < 1.29 is 18.3 Å². The highest BCUT2D eigenvalue weighted by Crippen LogP contribution is 2.13. The van der Waals surface area contributed by atoms with E-state index >= 15 is 0 Å². The molecule has 1 N–H and O–H groups in total. The van der Waals surface area contributed by atoms with Crippen LogP contribution in [0, 0.1) is 0 Å². The summed E-state index contributed by atoms with van der Waals surface area (Å²) < 4.78 is 25.9. The van der Waals surface area contributed by atoms with Crippen LogP contribution in [0.1, 0.15) is 6.92 Å². The molecule has 5 heteroatoms. The average molecular weight is 202 g/mol. The number of hydrogen-bond donors (Lipinski definition) is 2. The van der Waals surface area contributed by atoms with Crippen molar-refractivity contribution in [3.8, 4) is 5.75 Å². The Morgan fingerprint density at radius 1 is 1.31 bits per heavy atom. The van der Waals surface area contributed by atoms with Gasteiger partial charge in [0.15, 0.2) is 17.0 Å². The number of ether oxygens (including phenoxy) is 1. The third-order valence-corrected chi connectivity index (χ3v) is 2.07. The van der Waals surface area contributed by atoms with Gasteiger partial charge >= 0.3 is 0 Å². The SMILES string of the molecule is CC(O)Oc1ccc([SH](=O)=O)cc1. The van der Waals surface area contributed by atoms with Gasteiger partial charge in [-0.2, -0.15) is 0 Å². The zero-order chi connectivity index (χ0) is 9.84. The van der Waals surface area contributed by atoms with Crippen LogP contribution in [0.5, 0.6) is 5.75 Å². The van der Waals surface area contributed by atoms with Crippen LogP contribution in [-0.2, 0) is 10.7 Å². The van der Waals surface area contributed by atoms with Gasteiger partial charge in [0.05, 0.1) is 4.90 Å². The van der Waals surface area contributed by atoms with Crippen molar-refractivity contribution in [2.75, 3.05) is 0 Å². The fraction of sp³-hybridized carbons (Fsp3) is 0.250. The highest BCUT2D eigenvalue weighted by molar-refractivity contribution is 7.72. The third kappa shape index (κ3) is 3.04. The fourth-order valence-corrected chi connectivity index (χ4v) is 1.24. The van der Waals surface area contributed by atoms with E-state index < -0.39 is 17.0 Å². The Hall–Kier alpha value is -1.07. The Kier molecular flexibility index (Phi) is 3.27. The van der Waals surface area contributed by atoms with E-state index in [4.69, 9.17) is 9.84 Å². The number of rotatable bonds is 3. The summed E-state index contributed by atoms with van der Waals surface area (Å²) in [6.45, 7) is 1.47. The molecule has 0 bridgehead atoms. The lowest BCUT2D eigenvalue weighted by Gasteiger charge is -2.07. The molecule has 0 radical (unpaired) electrons. The van der Waals surface area contributed by atoms with Gasteiger partial charge in [0.2, 0.25) is 0 Å². The minimum Gasteiger partial charge on any atom is -0.465 e. The van der Waals surface area contributed by atoms with Gasteiger partial charge in [0.25, 0.3) is 0 Å². The van der Waals surface area contributed by atoms with E-state index in [1.54, 1.807) is 0 Å². The Bertz CT molecular complexity index is 332. The van der Waals surface area contributed by atoms with Crippen LogP contribution in [0.4, 0.5) is 0 Å². The number of hydrogen-bond acceptors (Lipinski definition) is 4. The molecule has 0 amide bonds. The van der Waals surface area contributed by atoms with E-state index in [1.165, 1.54) is 31.2 Å². The van der Waals surface area contributed by atoms with Gasteiger partial charge in [-0.1, -0.05) is 0 Å². The van der Waals surface area contributed by atoms with Crippen molar-refractivity contribution in [2.24, 2.45) is 0 Å². The number of thiol groups is 1. The Balaban J connectivity index is 2.81. The van der Waals surface area contributed by atoms with Gasteiger partial charge in [-0.25, -0.2) is 8.42 Å². The second-order valence-corrected chi connectivity index (χ2v) is 3.50. The molecule has 0 aliphatic heterocycles. The monoisotopic (exact) mass is 202 g/mol. The van der Waals surface area contributed by atoms with Crippen LogP contribution in [0.2, 0.25) is 0 Å². The fourth-order valence-electron chi connectivity index (χ4n) is 0.843. The second-order valence-electron chi connectivity index (χ2n) is 2.47. The second kappa shape index (κ2) is 4.25. The Morgan fingerprint density at radius 2 is 1.85 bits per heavy atom. The number of aliphatic hydroxyl groups excluding tert-OH is 1. The van der Waals surface area contributed by atoms with Crippen LogP contribution in [-0.4, -0.2) is 19.8 Å². The average Bonchev–Trinajstić information content (AvgIpc) is 2.04. The largest absolute Gasteiger partial charge is 0.465 e. The summed E-state index contributed by atoms with van der Waals surface area (Å²) in [5.74, 6) is 0.440. The lowest BCUT2D eigenvalue weighted by molar-refractivity contribution is -0.000323. The summed E-state index contributed by atoms with van der Waals surface area (Å²) in [5, 5.41) is 8.84. The molecule has 0 aromatic heterocycles. The van der Waals surface area contributed by atoms with Crippen molar-refractivity contribution in [1.82, 2.24) is 0 Å². The summed E-state index contributed by atoms with van der Waals surface area (Å²) in [5.41, 5.74) is 0. The van der Waals surface area contributed by atoms with Crippen LogP contribution < -0.4 is 4.74 Å². The van der Waals surface area contributed by atoms with Crippen LogP contribution in [0.3, 0.4) is 0 Å². The number of aliphatic hydroxyl groups is 1. The first-order valence-corrected chi connectivity index (χ1v) is 4.86. The quantitative estimate of drug-likeness (QED) is 0.549. The van der Waals surface area contributed by atoms with Gasteiger partial charge in [-0.15, -0.1) is 0 Å². The minimum atomic E-state index is -2.55.